The summed E-state index contributed by atoms with van der Waals surface area (Å²) in [7, 11) is 1.51. The molecule has 0 saturated heterocycles. The molecule has 0 fully saturated rings. The summed E-state index contributed by atoms with van der Waals surface area (Å²) in [5.41, 5.74) is 10.1. The van der Waals surface area contributed by atoms with Gasteiger partial charge in [-0.05, 0) is 36.1 Å². The van der Waals surface area contributed by atoms with Crippen LogP contribution in [0.25, 0.3) is 11.3 Å². The number of rotatable bonds is 4. The van der Waals surface area contributed by atoms with Gasteiger partial charge in [0.15, 0.2) is 11.5 Å². The number of aryl methyl sites for hydroxylation is 1. The van der Waals surface area contributed by atoms with Gasteiger partial charge in [-0.15, -0.1) is 0 Å². The number of benzene rings is 2. The van der Waals surface area contributed by atoms with Crippen molar-refractivity contribution in [1.82, 2.24) is 20.6 Å². The summed E-state index contributed by atoms with van der Waals surface area (Å²) in [6.07, 6.45) is 3.39. The number of amides is 2. The average molecular weight is 387 g/mol. The molecule has 1 aromatic heterocycles. The topological polar surface area (TPSA) is 110 Å². The molecule has 2 amide bonds. The number of carbonyl (C=O) groups is 2. The normalized spacial score (nSPS) is 14.9. The Hall–Kier alpha value is -3.74. The molecule has 2 aromatic carbocycles. The SMILES string of the molecule is CNC(=O)c1nc(-c2ccc(C(=O)N[C@H]3CCc4ccccc43)cc2)cnc1N. The first-order valence-electron chi connectivity index (χ1n) is 9.40. The third-order valence-electron chi connectivity index (χ3n) is 5.12. The molecule has 7 nitrogen and oxygen atoms in total. The molecule has 1 atom stereocenters. The van der Waals surface area contributed by atoms with Crippen LogP contribution in [0.2, 0.25) is 0 Å². The van der Waals surface area contributed by atoms with Crippen LogP contribution in [0.5, 0.6) is 0 Å². The van der Waals surface area contributed by atoms with E-state index in [-0.39, 0.29) is 23.5 Å². The molecule has 0 radical (unpaired) electrons. The second-order valence-electron chi connectivity index (χ2n) is 6.91. The van der Waals surface area contributed by atoms with E-state index in [0.29, 0.717) is 11.3 Å². The predicted molar refractivity (Wildman–Crippen MR) is 110 cm³/mol. The molecule has 146 valence electrons. The Labute approximate surface area is 168 Å². The fourth-order valence-corrected chi connectivity index (χ4v) is 3.56. The summed E-state index contributed by atoms with van der Waals surface area (Å²) in [5, 5.41) is 5.61. The predicted octanol–water partition coefficient (Wildman–Crippen LogP) is 2.50. The lowest BCUT2D eigenvalue weighted by Crippen LogP contribution is -2.27. The van der Waals surface area contributed by atoms with Crippen LogP contribution in [0, 0.1) is 0 Å². The van der Waals surface area contributed by atoms with Crippen LogP contribution in [-0.2, 0) is 6.42 Å². The number of nitrogens with two attached hydrogens (primary N) is 1. The van der Waals surface area contributed by atoms with Crippen LogP contribution in [0.1, 0.15) is 44.4 Å². The first-order valence-corrected chi connectivity index (χ1v) is 9.40. The number of nitrogens with one attached hydrogen (secondary N) is 2. The van der Waals surface area contributed by atoms with E-state index in [4.69, 9.17) is 5.73 Å². The molecule has 29 heavy (non-hydrogen) atoms. The summed E-state index contributed by atoms with van der Waals surface area (Å²) >= 11 is 0. The maximum atomic E-state index is 12.7. The molecule has 0 saturated carbocycles. The molecular formula is C22H21N5O2. The van der Waals surface area contributed by atoms with Crippen LogP contribution in [0.4, 0.5) is 5.82 Å². The van der Waals surface area contributed by atoms with Gasteiger partial charge in [0.2, 0.25) is 0 Å². The summed E-state index contributed by atoms with van der Waals surface area (Å²) in [6, 6.07) is 15.3. The molecule has 1 heterocycles. The Morgan fingerprint density at radius 2 is 1.83 bits per heavy atom. The summed E-state index contributed by atoms with van der Waals surface area (Å²) in [5.74, 6) is -0.446. The van der Waals surface area contributed by atoms with Crippen LogP contribution in [-0.4, -0.2) is 28.8 Å². The zero-order chi connectivity index (χ0) is 20.4. The lowest BCUT2D eigenvalue weighted by atomic mass is 10.1. The van der Waals surface area contributed by atoms with Gasteiger partial charge < -0.3 is 16.4 Å². The number of nitrogens with zero attached hydrogens (tertiary/aromatic N) is 2. The first kappa shape index (κ1) is 18.6. The van der Waals surface area contributed by atoms with Crippen molar-refractivity contribution in [3.05, 3.63) is 77.1 Å². The number of aromatic nitrogens is 2. The van der Waals surface area contributed by atoms with Crippen molar-refractivity contribution in [2.24, 2.45) is 0 Å². The number of anilines is 1. The molecule has 0 unspecified atom stereocenters. The van der Waals surface area contributed by atoms with Crippen molar-refractivity contribution in [1.29, 1.82) is 0 Å². The van der Waals surface area contributed by atoms with E-state index < -0.39 is 5.91 Å². The van der Waals surface area contributed by atoms with Gasteiger partial charge in [-0.25, -0.2) is 9.97 Å². The highest BCUT2D eigenvalue weighted by molar-refractivity contribution is 5.97. The van der Waals surface area contributed by atoms with Crippen LogP contribution in [0.15, 0.2) is 54.7 Å². The molecule has 0 bridgehead atoms. The number of fused-ring (bicyclic) bond motifs is 1. The number of nitrogen functional groups attached to an aromatic ring is 1. The molecule has 3 aromatic rings. The van der Waals surface area contributed by atoms with Crippen molar-refractivity contribution in [3.63, 3.8) is 0 Å². The minimum atomic E-state index is -0.398. The second-order valence-corrected chi connectivity index (χ2v) is 6.91. The average Bonchev–Trinajstić information content (AvgIpc) is 3.16. The van der Waals surface area contributed by atoms with E-state index in [1.807, 2.05) is 12.1 Å². The lowest BCUT2D eigenvalue weighted by molar-refractivity contribution is 0.0934. The second kappa shape index (κ2) is 7.71. The number of hydrogen-bond acceptors (Lipinski definition) is 5. The summed E-state index contributed by atoms with van der Waals surface area (Å²) in [6.45, 7) is 0. The third kappa shape index (κ3) is 3.67. The first-order chi connectivity index (χ1) is 14.1. The largest absolute Gasteiger partial charge is 0.382 e. The van der Waals surface area contributed by atoms with Crippen molar-refractivity contribution in [2.45, 2.75) is 18.9 Å². The van der Waals surface area contributed by atoms with Crippen molar-refractivity contribution in [3.8, 4) is 11.3 Å². The highest BCUT2D eigenvalue weighted by atomic mass is 16.2. The lowest BCUT2D eigenvalue weighted by Gasteiger charge is -2.14. The minimum absolute atomic E-state index is 0.0384. The Kier molecular flexibility index (Phi) is 4.95. The van der Waals surface area contributed by atoms with E-state index in [1.54, 1.807) is 24.3 Å². The van der Waals surface area contributed by atoms with Gasteiger partial charge in [-0.3, -0.25) is 9.59 Å². The van der Waals surface area contributed by atoms with Gasteiger partial charge in [0.05, 0.1) is 17.9 Å². The van der Waals surface area contributed by atoms with Crippen molar-refractivity contribution in [2.75, 3.05) is 12.8 Å². The zero-order valence-electron chi connectivity index (χ0n) is 16.0. The number of hydrogen-bond donors (Lipinski definition) is 3. The van der Waals surface area contributed by atoms with Crippen molar-refractivity contribution < 1.29 is 9.59 Å². The fraction of sp³-hybridized carbons (Fsp3) is 0.182. The smallest absolute Gasteiger partial charge is 0.273 e. The van der Waals surface area contributed by atoms with Gasteiger partial charge in [-0.2, -0.15) is 0 Å². The van der Waals surface area contributed by atoms with Gasteiger partial charge in [0, 0.05) is 18.2 Å². The molecule has 4 rings (SSSR count). The van der Waals surface area contributed by atoms with Crippen LogP contribution >= 0.6 is 0 Å². The maximum Gasteiger partial charge on any atom is 0.273 e. The van der Waals surface area contributed by atoms with Crippen LogP contribution in [0.3, 0.4) is 0 Å². The number of carbonyl (C=O) groups excluding carboxylic acids is 2. The molecule has 4 N–H and O–H groups in total. The highest BCUT2D eigenvalue weighted by Crippen LogP contribution is 2.31. The van der Waals surface area contributed by atoms with E-state index in [1.165, 1.54) is 24.4 Å². The van der Waals surface area contributed by atoms with Crippen LogP contribution < -0.4 is 16.4 Å². The van der Waals surface area contributed by atoms with E-state index in [0.717, 1.165) is 18.4 Å². The Morgan fingerprint density at radius 1 is 1.07 bits per heavy atom. The third-order valence-corrected chi connectivity index (χ3v) is 5.12. The van der Waals surface area contributed by atoms with E-state index >= 15 is 0 Å². The fourth-order valence-electron chi connectivity index (χ4n) is 3.56. The summed E-state index contributed by atoms with van der Waals surface area (Å²) < 4.78 is 0. The van der Waals surface area contributed by atoms with E-state index in [9.17, 15) is 9.59 Å². The molecule has 0 spiro atoms. The van der Waals surface area contributed by atoms with Gasteiger partial charge in [0.1, 0.15) is 0 Å². The van der Waals surface area contributed by atoms with Gasteiger partial charge >= 0.3 is 0 Å². The Bertz CT molecular complexity index is 1080. The molecule has 0 aliphatic heterocycles. The maximum absolute atomic E-state index is 12.7. The summed E-state index contributed by atoms with van der Waals surface area (Å²) in [4.78, 5) is 32.9. The van der Waals surface area contributed by atoms with E-state index in [2.05, 4.69) is 32.7 Å². The minimum Gasteiger partial charge on any atom is -0.382 e. The molecule has 1 aliphatic carbocycles. The molecule has 7 heteroatoms. The Balaban J connectivity index is 1.51. The quantitative estimate of drug-likeness (QED) is 0.637. The molecule has 1 aliphatic rings. The Morgan fingerprint density at radius 3 is 2.59 bits per heavy atom. The highest BCUT2D eigenvalue weighted by Gasteiger charge is 2.23. The zero-order valence-corrected chi connectivity index (χ0v) is 16.0. The van der Waals surface area contributed by atoms with Crippen molar-refractivity contribution >= 4 is 17.6 Å². The standard InChI is InChI=1S/C22H21N5O2/c1-24-22(29)19-20(23)25-12-18(26-19)14-6-8-15(9-7-14)21(28)27-17-11-10-13-4-2-3-5-16(13)17/h2-9,12,17H,10-11H2,1H3,(H2,23,25)(H,24,29)(H,27,28)/t17-/m0/s1. The van der Waals surface area contributed by atoms with Gasteiger partial charge in [-0.1, -0.05) is 36.4 Å². The van der Waals surface area contributed by atoms with Gasteiger partial charge in [0.25, 0.3) is 11.8 Å². The molecular weight excluding hydrogens is 366 g/mol. The monoisotopic (exact) mass is 387 g/mol.